The summed E-state index contributed by atoms with van der Waals surface area (Å²) in [5, 5.41) is 0.988. The van der Waals surface area contributed by atoms with Crippen LogP contribution in [0.3, 0.4) is 0 Å². The molecule has 11 heavy (non-hydrogen) atoms. The first-order valence-corrected chi connectivity index (χ1v) is 4.01. The van der Waals surface area contributed by atoms with Gasteiger partial charge < -0.3 is 5.73 Å². The van der Waals surface area contributed by atoms with Gasteiger partial charge in [0, 0.05) is 5.70 Å². The Hall–Kier alpha value is -1.09. The fraction of sp³-hybridized carbons (Fsp3) is 0.125. The molecule has 1 aromatic heterocycles. The molecule has 0 aliphatic heterocycles. The van der Waals surface area contributed by atoms with Crippen molar-refractivity contribution in [1.82, 2.24) is 4.98 Å². The minimum absolute atomic E-state index is 0.561. The van der Waals surface area contributed by atoms with E-state index in [2.05, 4.69) is 18.1 Å². The fourth-order valence-electron chi connectivity index (χ4n) is 0.812. The van der Waals surface area contributed by atoms with Crippen LogP contribution in [-0.4, -0.2) is 4.98 Å². The molecule has 1 heterocycles. The molecule has 0 unspecified atom stereocenters. The predicted octanol–water partition coefficient (Wildman–Crippen LogP) is 2.02. The number of rotatable bonds is 2. The highest BCUT2D eigenvalue weighted by atomic mass is 32.1. The van der Waals surface area contributed by atoms with Crippen molar-refractivity contribution in [1.29, 1.82) is 0 Å². The summed E-state index contributed by atoms with van der Waals surface area (Å²) in [5.74, 6) is 0. The summed E-state index contributed by atoms with van der Waals surface area (Å²) >= 11 is 1.54. The number of nitrogens with zero attached hydrogens (tertiary/aromatic N) is 1. The van der Waals surface area contributed by atoms with Crippen molar-refractivity contribution >= 4 is 23.1 Å². The largest absolute Gasteiger partial charge is 0.398 e. The fourth-order valence-corrected chi connectivity index (χ4v) is 1.62. The first kappa shape index (κ1) is 8.01. The zero-order valence-electron chi connectivity index (χ0n) is 6.42. The van der Waals surface area contributed by atoms with Crippen LogP contribution in [-0.2, 0) is 0 Å². The molecule has 0 radical (unpaired) electrons. The van der Waals surface area contributed by atoms with Crippen LogP contribution in [0.25, 0.3) is 11.8 Å². The van der Waals surface area contributed by atoms with Crippen molar-refractivity contribution < 1.29 is 0 Å². The molecule has 0 spiro atoms. The van der Waals surface area contributed by atoms with Gasteiger partial charge in [0.05, 0.1) is 15.6 Å². The van der Waals surface area contributed by atoms with Gasteiger partial charge in [-0.15, -0.1) is 11.3 Å². The van der Waals surface area contributed by atoms with Crippen LogP contribution < -0.4 is 5.73 Å². The SMILES string of the molecule is C=Cc1nc(C)sc1C(=C)N. The lowest BCUT2D eigenvalue weighted by Gasteiger charge is -1.92. The minimum Gasteiger partial charge on any atom is -0.398 e. The van der Waals surface area contributed by atoms with Gasteiger partial charge in [0.1, 0.15) is 0 Å². The Kier molecular flexibility index (Phi) is 2.10. The van der Waals surface area contributed by atoms with Crippen LogP contribution >= 0.6 is 11.3 Å². The van der Waals surface area contributed by atoms with Crippen molar-refractivity contribution in [2.75, 3.05) is 0 Å². The molecule has 2 N–H and O–H groups in total. The number of hydrogen-bond donors (Lipinski definition) is 1. The average Bonchev–Trinajstić information content (AvgIpc) is 2.30. The average molecular weight is 166 g/mol. The van der Waals surface area contributed by atoms with Crippen molar-refractivity contribution in [2.45, 2.75) is 6.92 Å². The van der Waals surface area contributed by atoms with E-state index in [9.17, 15) is 0 Å². The molecule has 0 amide bonds. The molecule has 0 aromatic carbocycles. The van der Waals surface area contributed by atoms with Gasteiger partial charge in [-0.1, -0.05) is 13.2 Å². The highest BCUT2D eigenvalue weighted by Crippen LogP contribution is 2.22. The van der Waals surface area contributed by atoms with Crippen molar-refractivity contribution in [3.63, 3.8) is 0 Å². The standard InChI is InChI=1S/C8H10N2S/c1-4-7-8(5(2)9)11-6(3)10-7/h4H,1-2,9H2,3H3. The van der Waals surface area contributed by atoms with Crippen LogP contribution in [0.15, 0.2) is 13.2 Å². The molecule has 1 aromatic rings. The van der Waals surface area contributed by atoms with E-state index in [4.69, 9.17) is 5.73 Å². The minimum atomic E-state index is 0.561. The normalized spacial score (nSPS) is 9.55. The lowest BCUT2D eigenvalue weighted by molar-refractivity contribution is 1.27. The third kappa shape index (κ3) is 1.49. The summed E-state index contributed by atoms with van der Waals surface area (Å²) in [5.41, 5.74) is 6.93. The maximum absolute atomic E-state index is 5.53. The molecule has 0 saturated carbocycles. The second-order valence-electron chi connectivity index (χ2n) is 2.18. The number of aryl methyl sites for hydroxylation is 1. The molecule has 2 nitrogen and oxygen atoms in total. The maximum atomic E-state index is 5.53. The molecule has 0 bridgehead atoms. The van der Waals surface area contributed by atoms with Crippen LogP contribution in [0, 0.1) is 6.92 Å². The Morgan fingerprint density at radius 2 is 2.36 bits per heavy atom. The van der Waals surface area contributed by atoms with E-state index < -0.39 is 0 Å². The van der Waals surface area contributed by atoms with Crippen LogP contribution in [0.2, 0.25) is 0 Å². The van der Waals surface area contributed by atoms with Gasteiger partial charge in [-0.25, -0.2) is 4.98 Å². The van der Waals surface area contributed by atoms with E-state index in [1.807, 2.05) is 6.92 Å². The zero-order valence-corrected chi connectivity index (χ0v) is 7.24. The Balaban J connectivity index is 3.22. The van der Waals surface area contributed by atoms with Gasteiger partial charge in [-0.05, 0) is 13.0 Å². The first-order valence-electron chi connectivity index (χ1n) is 3.19. The number of aromatic nitrogens is 1. The smallest absolute Gasteiger partial charge is 0.0908 e. The molecule has 0 atom stereocenters. The lowest BCUT2D eigenvalue weighted by Crippen LogP contribution is -1.92. The molecule has 0 saturated heterocycles. The summed E-state index contributed by atoms with van der Waals surface area (Å²) < 4.78 is 0. The molecular weight excluding hydrogens is 156 g/mol. The second-order valence-corrected chi connectivity index (χ2v) is 3.38. The zero-order chi connectivity index (χ0) is 8.43. The number of hydrogen-bond acceptors (Lipinski definition) is 3. The summed E-state index contributed by atoms with van der Waals surface area (Å²) in [6.07, 6.45) is 1.69. The summed E-state index contributed by atoms with van der Waals surface area (Å²) in [7, 11) is 0. The number of thiazole rings is 1. The van der Waals surface area contributed by atoms with Crippen LogP contribution in [0.4, 0.5) is 0 Å². The molecular formula is C8H10N2S. The summed E-state index contributed by atoms with van der Waals surface area (Å²) in [6.45, 7) is 9.22. The second kappa shape index (κ2) is 2.88. The van der Waals surface area contributed by atoms with E-state index in [-0.39, 0.29) is 0 Å². The van der Waals surface area contributed by atoms with Gasteiger partial charge >= 0.3 is 0 Å². The lowest BCUT2D eigenvalue weighted by atomic mass is 10.3. The molecule has 3 heteroatoms. The van der Waals surface area contributed by atoms with E-state index in [0.29, 0.717) is 5.70 Å². The van der Waals surface area contributed by atoms with Crippen molar-refractivity contribution in [2.24, 2.45) is 5.73 Å². The predicted molar refractivity (Wildman–Crippen MR) is 50.2 cm³/mol. The van der Waals surface area contributed by atoms with Crippen LogP contribution in [0.1, 0.15) is 15.6 Å². The third-order valence-corrected chi connectivity index (χ3v) is 2.31. The number of nitrogens with two attached hydrogens (primary N) is 1. The molecule has 1 rings (SSSR count). The van der Waals surface area contributed by atoms with Crippen molar-refractivity contribution in [3.8, 4) is 0 Å². The molecule has 0 aliphatic carbocycles. The molecule has 0 aliphatic rings. The summed E-state index contributed by atoms with van der Waals surface area (Å²) in [4.78, 5) is 5.14. The molecule has 58 valence electrons. The van der Waals surface area contributed by atoms with Crippen LogP contribution in [0.5, 0.6) is 0 Å². The first-order chi connectivity index (χ1) is 5.15. The van der Waals surface area contributed by atoms with Gasteiger partial charge in [0.15, 0.2) is 0 Å². The third-order valence-electron chi connectivity index (χ3n) is 1.25. The van der Waals surface area contributed by atoms with E-state index in [0.717, 1.165) is 15.6 Å². The van der Waals surface area contributed by atoms with E-state index >= 15 is 0 Å². The Bertz CT molecular complexity index is 299. The highest BCUT2D eigenvalue weighted by Gasteiger charge is 2.05. The Morgan fingerprint density at radius 1 is 1.73 bits per heavy atom. The Morgan fingerprint density at radius 3 is 2.73 bits per heavy atom. The molecule has 0 fully saturated rings. The quantitative estimate of drug-likeness (QED) is 0.730. The summed E-state index contributed by atoms with van der Waals surface area (Å²) in [6, 6.07) is 0. The van der Waals surface area contributed by atoms with Gasteiger partial charge in [0.2, 0.25) is 0 Å². The topological polar surface area (TPSA) is 38.9 Å². The van der Waals surface area contributed by atoms with Gasteiger partial charge in [-0.3, -0.25) is 0 Å². The van der Waals surface area contributed by atoms with E-state index in [1.54, 1.807) is 17.4 Å². The maximum Gasteiger partial charge on any atom is 0.0908 e. The highest BCUT2D eigenvalue weighted by molar-refractivity contribution is 7.12. The van der Waals surface area contributed by atoms with Gasteiger partial charge in [-0.2, -0.15) is 0 Å². The Labute approximate surface area is 70.1 Å². The van der Waals surface area contributed by atoms with E-state index in [1.165, 1.54) is 0 Å². The van der Waals surface area contributed by atoms with Gasteiger partial charge in [0.25, 0.3) is 0 Å². The monoisotopic (exact) mass is 166 g/mol. The van der Waals surface area contributed by atoms with Crippen molar-refractivity contribution in [3.05, 3.63) is 28.7 Å².